The van der Waals surface area contributed by atoms with Gasteiger partial charge in [-0.3, -0.25) is 9.59 Å². The largest absolute Gasteiger partial charge is 0.481 e. The standard InChI is InChI=1S/C8H12N2O3/c9-5-2-6-10-7(11)3-1-4-8(12)13/h1-4,6H2,(H,10,11)(H,12,13). The Morgan fingerprint density at radius 3 is 2.62 bits per heavy atom. The van der Waals surface area contributed by atoms with E-state index in [2.05, 4.69) is 5.32 Å². The van der Waals surface area contributed by atoms with Crippen molar-refractivity contribution in [3.05, 3.63) is 0 Å². The molecule has 0 saturated carbocycles. The first kappa shape index (κ1) is 11.4. The number of hydrogen-bond acceptors (Lipinski definition) is 3. The summed E-state index contributed by atoms with van der Waals surface area (Å²) < 4.78 is 0. The minimum Gasteiger partial charge on any atom is -0.481 e. The normalized spacial score (nSPS) is 8.85. The lowest BCUT2D eigenvalue weighted by Gasteiger charge is -2.00. The van der Waals surface area contributed by atoms with Gasteiger partial charge in [-0.1, -0.05) is 0 Å². The van der Waals surface area contributed by atoms with Gasteiger partial charge in [-0.05, 0) is 6.42 Å². The zero-order valence-corrected chi connectivity index (χ0v) is 7.25. The van der Waals surface area contributed by atoms with Crippen LogP contribution in [0.25, 0.3) is 0 Å². The number of nitrogens with one attached hydrogen (secondary N) is 1. The number of aliphatic carboxylic acids is 1. The number of carboxylic acid groups (broad SMARTS) is 1. The molecule has 0 rings (SSSR count). The Bertz CT molecular complexity index is 220. The lowest BCUT2D eigenvalue weighted by molar-refractivity contribution is -0.137. The molecule has 1 amide bonds. The number of hydrogen-bond donors (Lipinski definition) is 2. The van der Waals surface area contributed by atoms with Gasteiger partial charge in [0.1, 0.15) is 0 Å². The highest BCUT2D eigenvalue weighted by Crippen LogP contribution is 1.94. The van der Waals surface area contributed by atoms with E-state index in [1.54, 1.807) is 0 Å². The number of amides is 1. The van der Waals surface area contributed by atoms with Crippen LogP contribution in [0.15, 0.2) is 0 Å². The molecule has 0 bridgehead atoms. The summed E-state index contributed by atoms with van der Waals surface area (Å²) in [6.07, 6.45) is 0.835. The van der Waals surface area contributed by atoms with E-state index in [1.165, 1.54) is 0 Å². The fraction of sp³-hybridized carbons (Fsp3) is 0.625. The lowest BCUT2D eigenvalue weighted by Crippen LogP contribution is -2.23. The van der Waals surface area contributed by atoms with Crippen molar-refractivity contribution in [1.29, 1.82) is 5.26 Å². The van der Waals surface area contributed by atoms with Gasteiger partial charge in [0.15, 0.2) is 0 Å². The number of nitrogens with zero attached hydrogens (tertiary/aromatic N) is 1. The zero-order chi connectivity index (χ0) is 10.1. The van der Waals surface area contributed by atoms with Gasteiger partial charge in [0.2, 0.25) is 5.91 Å². The highest BCUT2D eigenvalue weighted by atomic mass is 16.4. The van der Waals surface area contributed by atoms with Crippen LogP contribution in [0, 0.1) is 11.3 Å². The molecule has 0 unspecified atom stereocenters. The molecule has 0 saturated heterocycles. The average Bonchev–Trinajstić information content (AvgIpc) is 2.04. The molecule has 72 valence electrons. The monoisotopic (exact) mass is 184 g/mol. The summed E-state index contributed by atoms with van der Waals surface area (Å²) in [5, 5.41) is 18.9. The van der Waals surface area contributed by atoms with Crippen molar-refractivity contribution in [3.8, 4) is 6.07 Å². The number of carboxylic acids is 1. The SMILES string of the molecule is N#CCCNC(=O)CCCC(=O)O. The third kappa shape index (κ3) is 8.34. The first-order valence-electron chi connectivity index (χ1n) is 4.02. The number of carbonyl (C=O) groups is 2. The van der Waals surface area contributed by atoms with Crippen LogP contribution in [0.4, 0.5) is 0 Å². The van der Waals surface area contributed by atoms with Crippen LogP contribution in [0.3, 0.4) is 0 Å². The molecule has 0 aromatic rings. The quantitative estimate of drug-likeness (QED) is 0.580. The van der Waals surface area contributed by atoms with Crippen LogP contribution in [0.2, 0.25) is 0 Å². The average molecular weight is 184 g/mol. The summed E-state index contributed by atoms with van der Waals surface area (Å²) in [5.41, 5.74) is 0. The van der Waals surface area contributed by atoms with E-state index in [0.29, 0.717) is 13.0 Å². The summed E-state index contributed by atoms with van der Waals surface area (Å²) in [5.74, 6) is -1.10. The van der Waals surface area contributed by atoms with Crippen molar-refractivity contribution < 1.29 is 14.7 Å². The van der Waals surface area contributed by atoms with Gasteiger partial charge in [0.25, 0.3) is 0 Å². The predicted molar refractivity (Wildman–Crippen MR) is 44.7 cm³/mol. The Morgan fingerprint density at radius 1 is 1.38 bits per heavy atom. The Labute approximate surface area is 76.4 Å². The van der Waals surface area contributed by atoms with Gasteiger partial charge in [0, 0.05) is 19.4 Å². The van der Waals surface area contributed by atoms with E-state index < -0.39 is 5.97 Å². The Kier molecular flexibility index (Phi) is 6.24. The van der Waals surface area contributed by atoms with Crippen LogP contribution in [0.5, 0.6) is 0 Å². The molecule has 0 aliphatic heterocycles. The van der Waals surface area contributed by atoms with E-state index >= 15 is 0 Å². The molecule has 0 radical (unpaired) electrons. The molecular formula is C8H12N2O3. The molecule has 5 heteroatoms. The van der Waals surface area contributed by atoms with Gasteiger partial charge >= 0.3 is 5.97 Å². The van der Waals surface area contributed by atoms with Crippen LogP contribution in [-0.4, -0.2) is 23.5 Å². The van der Waals surface area contributed by atoms with Crippen LogP contribution < -0.4 is 5.32 Å². The van der Waals surface area contributed by atoms with Crippen LogP contribution in [0.1, 0.15) is 25.7 Å². The summed E-state index contributed by atoms with van der Waals surface area (Å²) in [6.45, 7) is 0.336. The highest BCUT2D eigenvalue weighted by molar-refractivity contribution is 5.76. The maximum Gasteiger partial charge on any atom is 0.303 e. The van der Waals surface area contributed by atoms with Crippen molar-refractivity contribution in [2.75, 3.05) is 6.54 Å². The summed E-state index contributed by atoms with van der Waals surface area (Å²) >= 11 is 0. The number of nitriles is 1. The number of rotatable bonds is 6. The third-order valence-corrected chi connectivity index (χ3v) is 1.35. The van der Waals surface area contributed by atoms with Gasteiger partial charge in [0.05, 0.1) is 12.5 Å². The maximum absolute atomic E-state index is 10.9. The first-order valence-corrected chi connectivity index (χ1v) is 4.02. The van der Waals surface area contributed by atoms with Crippen molar-refractivity contribution >= 4 is 11.9 Å². The van der Waals surface area contributed by atoms with Gasteiger partial charge in [-0.15, -0.1) is 0 Å². The molecule has 13 heavy (non-hydrogen) atoms. The Morgan fingerprint density at radius 2 is 2.08 bits per heavy atom. The van der Waals surface area contributed by atoms with E-state index in [9.17, 15) is 9.59 Å². The molecule has 0 spiro atoms. The third-order valence-electron chi connectivity index (χ3n) is 1.35. The molecular weight excluding hydrogens is 172 g/mol. The van der Waals surface area contributed by atoms with Crippen molar-refractivity contribution in [2.45, 2.75) is 25.7 Å². The topological polar surface area (TPSA) is 90.2 Å². The van der Waals surface area contributed by atoms with E-state index in [4.69, 9.17) is 10.4 Å². The van der Waals surface area contributed by atoms with Crippen molar-refractivity contribution in [2.24, 2.45) is 0 Å². The van der Waals surface area contributed by atoms with Gasteiger partial charge in [-0.2, -0.15) is 5.26 Å². The van der Waals surface area contributed by atoms with E-state index in [0.717, 1.165) is 0 Å². The minimum absolute atomic E-state index is 0.00562. The Hall–Kier alpha value is -1.57. The van der Waals surface area contributed by atoms with Crippen molar-refractivity contribution in [3.63, 3.8) is 0 Å². The second-order valence-corrected chi connectivity index (χ2v) is 2.51. The molecule has 0 aliphatic carbocycles. The summed E-state index contributed by atoms with van der Waals surface area (Å²) in [6, 6.07) is 1.89. The second-order valence-electron chi connectivity index (χ2n) is 2.51. The predicted octanol–water partition coefficient (Wildman–Crippen LogP) is 0.271. The highest BCUT2D eigenvalue weighted by Gasteiger charge is 2.02. The molecule has 0 aromatic heterocycles. The van der Waals surface area contributed by atoms with Gasteiger partial charge in [-0.25, -0.2) is 0 Å². The molecule has 0 heterocycles. The van der Waals surface area contributed by atoms with E-state index in [-0.39, 0.29) is 25.2 Å². The smallest absolute Gasteiger partial charge is 0.303 e. The van der Waals surface area contributed by atoms with E-state index in [1.807, 2.05) is 6.07 Å². The maximum atomic E-state index is 10.9. The minimum atomic E-state index is -0.898. The molecule has 0 fully saturated rings. The van der Waals surface area contributed by atoms with Crippen LogP contribution in [-0.2, 0) is 9.59 Å². The molecule has 0 aromatic carbocycles. The second kappa shape index (κ2) is 7.10. The summed E-state index contributed by atoms with van der Waals surface area (Å²) in [4.78, 5) is 21.0. The molecule has 0 aliphatic rings. The fourth-order valence-corrected chi connectivity index (χ4v) is 0.746. The fourth-order valence-electron chi connectivity index (χ4n) is 0.746. The number of carbonyl (C=O) groups excluding carboxylic acids is 1. The summed E-state index contributed by atoms with van der Waals surface area (Å²) in [7, 11) is 0. The van der Waals surface area contributed by atoms with Gasteiger partial charge < -0.3 is 10.4 Å². The van der Waals surface area contributed by atoms with Crippen LogP contribution >= 0.6 is 0 Å². The Balaban J connectivity index is 3.31. The zero-order valence-electron chi connectivity index (χ0n) is 7.25. The lowest BCUT2D eigenvalue weighted by atomic mass is 10.2. The van der Waals surface area contributed by atoms with Crippen molar-refractivity contribution in [1.82, 2.24) is 5.32 Å². The molecule has 0 atom stereocenters. The molecule has 2 N–H and O–H groups in total. The molecule has 5 nitrogen and oxygen atoms in total. The first-order chi connectivity index (χ1) is 6.16.